The molecule has 8 nitrogen and oxygen atoms in total. The summed E-state index contributed by atoms with van der Waals surface area (Å²) in [6, 6.07) is 7.89. The van der Waals surface area contributed by atoms with Crippen LogP contribution in [0.15, 0.2) is 36.7 Å². The summed E-state index contributed by atoms with van der Waals surface area (Å²) in [7, 11) is 6.88. The summed E-state index contributed by atoms with van der Waals surface area (Å²) in [4.78, 5) is 24.3. The predicted octanol–water partition coefficient (Wildman–Crippen LogP) is 4.35. The number of likely N-dealkylation sites (N-methyl/N-ethyl adjacent to an activating group) is 2. The van der Waals surface area contributed by atoms with E-state index in [0.717, 1.165) is 0 Å². The van der Waals surface area contributed by atoms with Gasteiger partial charge in [-0.25, -0.2) is 14.4 Å². The Balaban J connectivity index is 1.88. The fraction of sp³-hybridized carbons (Fsp3) is 0.375. The second-order valence-corrected chi connectivity index (χ2v) is 8.65. The Morgan fingerprint density at radius 1 is 1.18 bits per heavy atom. The first kappa shape index (κ1) is 25.5. The second-order valence-electron chi connectivity index (χ2n) is 8.25. The molecule has 1 heterocycles. The van der Waals surface area contributed by atoms with E-state index in [2.05, 4.69) is 15.3 Å². The van der Waals surface area contributed by atoms with Crippen LogP contribution in [-0.2, 0) is 4.79 Å². The van der Waals surface area contributed by atoms with Gasteiger partial charge in [0.1, 0.15) is 18.2 Å². The number of ether oxygens (including phenoxy) is 2. The number of fused-ring (bicyclic) bond motifs is 1. The van der Waals surface area contributed by atoms with Gasteiger partial charge in [-0.1, -0.05) is 17.7 Å². The van der Waals surface area contributed by atoms with Crippen molar-refractivity contribution in [3.63, 3.8) is 0 Å². The highest BCUT2D eigenvalue weighted by molar-refractivity contribution is 6.31. The number of aromatic nitrogens is 2. The van der Waals surface area contributed by atoms with Gasteiger partial charge >= 0.3 is 0 Å². The first-order valence-electron chi connectivity index (χ1n) is 10.7. The maximum absolute atomic E-state index is 14.4. The molecule has 182 valence electrons. The van der Waals surface area contributed by atoms with E-state index in [9.17, 15) is 9.18 Å². The maximum atomic E-state index is 14.4. The summed E-state index contributed by atoms with van der Waals surface area (Å²) < 4.78 is 26.1. The van der Waals surface area contributed by atoms with Crippen LogP contribution in [-0.4, -0.2) is 72.6 Å². The number of hydrogen-bond donors (Lipinski definition) is 1. The first-order valence-corrected chi connectivity index (χ1v) is 11.1. The quantitative estimate of drug-likeness (QED) is 0.478. The lowest BCUT2D eigenvalue weighted by Crippen LogP contribution is -2.45. The molecule has 1 N–H and O–H groups in total. The Morgan fingerprint density at radius 2 is 1.91 bits per heavy atom. The highest BCUT2D eigenvalue weighted by atomic mass is 35.5. The van der Waals surface area contributed by atoms with Gasteiger partial charge < -0.3 is 19.7 Å². The van der Waals surface area contributed by atoms with Crippen molar-refractivity contribution in [3.05, 3.63) is 47.5 Å². The number of methoxy groups -OCH3 is 1. The van der Waals surface area contributed by atoms with Gasteiger partial charge in [-0.15, -0.1) is 0 Å². The second kappa shape index (κ2) is 10.8. The van der Waals surface area contributed by atoms with Crippen LogP contribution < -0.4 is 14.8 Å². The van der Waals surface area contributed by atoms with Gasteiger partial charge in [0.05, 0.1) is 29.4 Å². The van der Waals surface area contributed by atoms with E-state index in [1.807, 2.05) is 25.8 Å². The summed E-state index contributed by atoms with van der Waals surface area (Å²) >= 11 is 5.91. The van der Waals surface area contributed by atoms with Gasteiger partial charge in [0.15, 0.2) is 17.3 Å². The van der Waals surface area contributed by atoms with E-state index >= 15 is 0 Å². The third-order valence-corrected chi connectivity index (χ3v) is 5.75. The number of carbonyl (C=O) groups is 1. The van der Waals surface area contributed by atoms with Crippen molar-refractivity contribution in [3.8, 4) is 11.5 Å². The Kier molecular flexibility index (Phi) is 8.11. The normalized spacial score (nSPS) is 13.0. The van der Waals surface area contributed by atoms with Crippen LogP contribution in [0.2, 0.25) is 5.02 Å². The molecule has 0 aliphatic heterocycles. The molecule has 0 radical (unpaired) electrons. The van der Waals surface area contributed by atoms with Crippen LogP contribution >= 0.6 is 11.6 Å². The Labute approximate surface area is 203 Å². The fourth-order valence-electron chi connectivity index (χ4n) is 3.52. The van der Waals surface area contributed by atoms with Crippen LogP contribution in [0, 0.1) is 5.82 Å². The summed E-state index contributed by atoms with van der Waals surface area (Å²) in [6.45, 7) is 4.27. The largest absolute Gasteiger partial charge is 0.493 e. The summed E-state index contributed by atoms with van der Waals surface area (Å²) in [5, 5.41) is 3.62. The van der Waals surface area contributed by atoms with Crippen molar-refractivity contribution in [2.24, 2.45) is 0 Å². The van der Waals surface area contributed by atoms with Crippen molar-refractivity contribution in [1.29, 1.82) is 0 Å². The Hall–Kier alpha value is -3.17. The molecular weight excluding hydrogens is 461 g/mol. The molecule has 3 rings (SSSR count). The molecule has 2 aromatic carbocycles. The number of carbonyl (C=O) groups excluding carboxylic acids is 1. The predicted molar refractivity (Wildman–Crippen MR) is 132 cm³/mol. The van der Waals surface area contributed by atoms with Crippen LogP contribution in [0.3, 0.4) is 0 Å². The van der Waals surface area contributed by atoms with E-state index in [1.165, 1.54) is 12.4 Å². The first-order chi connectivity index (χ1) is 16.1. The number of rotatable bonds is 9. The molecule has 2 unspecified atom stereocenters. The van der Waals surface area contributed by atoms with E-state index in [4.69, 9.17) is 21.1 Å². The van der Waals surface area contributed by atoms with E-state index in [-0.39, 0.29) is 28.8 Å². The van der Waals surface area contributed by atoms with E-state index in [1.54, 1.807) is 50.4 Å². The Morgan fingerprint density at radius 3 is 2.59 bits per heavy atom. The van der Waals surface area contributed by atoms with E-state index in [0.29, 0.717) is 34.8 Å². The van der Waals surface area contributed by atoms with Crippen molar-refractivity contribution < 1.29 is 18.7 Å². The van der Waals surface area contributed by atoms with E-state index < -0.39 is 5.82 Å². The molecule has 0 spiro atoms. The summed E-state index contributed by atoms with van der Waals surface area (Å²) in [5.74, 6) is 0.816. The standard InChI is InChI=1S/C24H29ClFN5O3/c1-14(12-31(5)15(2)24(32)30(3)4)34-21-10-16-19(11-20(21)33-6)27-13-28-23(16)29-18-9-7-8-17(25)22(18)26/h7-11,13-15H,12H2,1-6H3,(H,27,28,29). The summed E-state index contributed by atoms with van der Waals surface area (Å²) in [5.41, 5.74) is 0.791. The Bertz CT molecular complexity index is 1180. The number of halogens is 2. The van der Waals surface area contributed by atoms with Crippen LogP contribution in [0.5, 0.6) is 11.5 Å². The van der Waals surface area contributed by atoms with Crippen molar-refractivity contribution in [2.75, 3.05) is 40.1 Å². The molecule has 34 heavy (non-hydrogen) atoms. The molecule has 3 aromatic rings. The lowest BCUT2D eigenvalue weighted by molar-refractivity contribution is -0.133. The molecular formula is C24H29ClFN5O3. The van der Waals surface area contributed by atoms with Gasteiger partial charge in [-0.2, -0.15) is 0 Å². The minimum atomic E-state index is -0.570. The molecule has 0 saturated heterocycles. The van der Waals surface area contributed by atoms with Gasteiger partial charge in [0, 0.05) is 32.1 Å². The number of nitrogens with one attached hydrogen (secondary N) is 1. The molecule has 0 aliphatic rings. The monoisotopic (exact) mass is 489 g/mol. The molecule has 2 atom stereocenters. The lowest BCUT2D eigenvalue weighted by atomic mass is 10.2. The molecule has 0 fully saturated rings. The molecule has 1 aromatic heterocycles. The topological polar surface area (TPSA) is 79.8 Å². The zero-order chi connectivity index (χ0) is 25.0. The number of nitrogens with zero attached hydrogens (tertiary/aromatic N) is 4. The average Bonchev–Trinajstić information content (AvgIpc) is 2.80. The third kappa shape index (κ3) is 5.66. The van der Waals surface area contributed by atoms with Crippen LogP contribution in [0.1, 0.15) is 13.8 Å². The van der Waals surface area contributed by atoms with Gasteiger partial charge in [-0.05, 0) is 39.1 Å². The lowest BCUT2D eigenvalue weighted by Gasteiger charge is -2.29. The van der Waals surface area contributed by atoms with Crippen molar-refractivity contribution in [1.82, 2.24) is 19.8 Å². The van der Waals surface area contributed by atoms with Crippen LogP contribution in [0.4, 0.5) is 15.9 Å². The minimum Gasteiger partial charge on any atom is -0.493 e. The number of anilines is 2. The molecule has 0 bridgehead atoms. The minimum absolute atomic E-state index is 0.00831. The number of amides is 1. The molecule has 1 amide bonds. The van der Waals surface area contributed by atoms with Gasteiger partial charge in [0.2, 0.25) is 5.91 Å². The number of benzene rings is 2. The zero-order valence-corrected chi connectivity index (χ0v) is 20.9. The fourth-order valence-corrected chi connectivity index (χ4v) is 3.70. The van der Waals surface area contributed by atoms with Crippen molar-refractivity contribution in [2.45, 2.75) is 26.0 Å². The zero-order valence-electron chi connectivity index (χ0n) is 20.1. The third-order valence-electron chi connectivity index (χ3n) is 5.46. The SMILES string of the molecule is COc1cc2ncnc(Nc3cccc(Cl)c3F)c2cc1OC(C)CN(C)C(C)C(=O)N(C)C. The average molecular weight is 490 g/mol. The highest BCUT2D eigenvalue weighted by Crippen LogP contribution is 2.36. The van der Waals surface area contributed by atoms with Crippen molar-refractivity contribution >= 4 is 39.9 Å². The summed E-state index contributed by atoms with van der Waals surface area (Å²) in [6.07, 6.45) is 1.12. The van der Waals surface area contributed by atoms with Crippen LogP contribution in [0.25, 0.3) is 10.9 Å². The maximum Gasteiger partial charge on any atom is 0.239 e. The smallest absolute Gasteiger partial charge is 0.239 e. The molecule has 0 saturated carbocycles. The highest BCUT2D eigenvalue weighted by Gasteiger charge is 2.22. The van der Waals surface area contributed by atoms with Gasteiger partial charge in [-0.3, -0.25) is 9.69 Å². The number of hydrogen-bond acceptors (Lipinski definition) is 7. The van der Waals surface area contributed by atoms with Gasteiger partial charge in [0.25, 0.3) is 0 Å². The molecule has 10 heteroatoms. The molecule has 0 aliphatic carbocycles.